The Balaban J connectivity index is 2.03. The Bertz CT molecular complexity index is 1080. The molecule has 0 saturated heterocycles. The van der Waals surface area contributed by atoms with Crippen molar-refractivity contribution in [1.82, 2.24) is 0 Å². The van der Waals surface area contributed by atoms with E-state index in [1.165, 1.54) is 92.5 Å². The van der Waals surface area contributed by atoms with E-state index in [1.54, 1.807) is 11.6 Å². The molecule has 2 aromatic rings. The van der Waals surface area contributed by atoms with Crippen molar-refractivity contribution >= 4 is 11.6 Å². The van der Waals surface area contributed by atoms with Crippen molar-refractivity contribution in [1.29, 1.82) is 0 Å². The molecule has 0 nitrogen and oxygen atoms in total. The van der Waals surface area contributed by atoms with Gasteiger partial charge in [0.05, 0.1) is 6.33 Å². The third-order valence-electron chi connectivity index (χ3n) is 9.31. The van der Waals surface area contributed by atoms with Crippen LogP contribution in [0.4, 0.5) is 4.39 Å². The molecule has 0 aliphatic heterocycles. The van der Waals surface area contributed by atoms with Gasteiger partial charge < -0.3 is 0 Å². The summed E-state index contributed by atoms with van der Waals surface area (Å²) < 4.78 is 12.4. The minimum atomic E-state index is 0.633. The van der Waals surface area contributed by atoms with Crippen molar-refractivity contribution < 1.29 is 4.39 Å². The first-order chi connectivity index (χ1) is 16.0. The summed E-state index contributed by atoms with van der Waals surface area (Å²) in [5, 5.41) is 0. The van der Waals surface area contributed by atoms with Crippen LogP contribution >= 0.6 is 0 Å². The van der Waals surface area contributed by atoms with Gasteiger partial charge in [-0.2, -0.15) is 0 Å². The average Bonchev–Trinajstić information content (AvgIpc) is 2.82. The molecule has 3 rings (SSSR count). The minimum absolute atomic E-state index is 0.633. The van der Waals surface area contributed by atoms with Crippen molar-refractivity contribution in [3.05, 3.63) is 79.2 Å². The summed E-state index contributed by atoms with van der Waals surface area (Å²) in [6, 6.07) is 0. The number of benzene rings is 2. The molecule has 184 valence electrons. The van der Waals surface area contributed by atoms with E-state index in [9.17, 15) is 4.39 Å². The second kappa shape index (κ2) is 10.6. The molecule has 0 heterocycles. The van der Waals surface area contributed by atoms with Gasteiger partial charge in [-0.15, -0.1) is 0 Å². The molecule has 0 atom stereocenters. The average molecular weight is 461 g/mol. The summed E-state index contributed by atoms with van der Waals surface area (Å²) >= 11 is 0. The van der Waals surface area contributed by atoms with E-state index in [2.05, 4.69) is 75.3 Å². The third-order valence-corrected chi connectivity index (χ3v) is 9.31. The Labute approximate surface area is 208 Å². The number of allylic oxidation sites excluding steroid dienone is 2. The van der Waals surface area contributed by atoms with Gasteiger partial charge in [0.2, 0.25) is 0 Å². The lowest BCUT2D eigenvalue weighted by Gasteiger charge is -2.32. The molecule has 1 fully saturated rings. The van der Waals surface area contributed by atoms with Crippen LogP contribution in [0.15, 0.2) is 12.4 Å². The maximum absolute atomic E-state index is 12.4. The molecule has 1 saturated carbocycles. The highest BCUT2D eigenvalue weighted by Gasteiger charge is 2.26. The Morgan fingerprint density at radius 3 is 1.62 bits per heavy atom. The number of hydrogen-bond acceptors (Lipinski definition) is 0. The summed E-state index contributed by atoms with van der Waals surface area (Å²) in [6.45, 7) is 22.9. The Morgan fingerprint density at radius 2 is 1.15 bits per heavy atom. The number of rotatable bonds is 5. The van der Waals surface area contributed by atoms with Crippen LogP contribution < -0.4 is 0 Å². The van der Waals surface area contributed by atoms with Gasteiger partial charge in [0.25, 0.3) is 0 Å². The van der Waals surface area contributed by atoms with Crippen molar-refractivity contribution in [3.63, 3.8) is 0 Å². The van der Waals surface area contributed by atoms with E-state index in [1.807, 2.05) is 0 Å². The highest BCUT2D eigenvalue weighted by atomic mass is 19.1. The van der Waals surface area contributed by atoms with Gasteiger partial charge in [-0.25, -0.2) is 4.39 Å². The topological polar surface area (TPSA) is 0 Å². The van der Waals surface area contributed by atoms with Crippen LogP contribution in [0, 0.1) is 68.2 Å². The van der Waals surface area contributed by atoms with Gasteiger partial charge >= 0.3 is 0 Å². The summed E-state index contributed by atoms with van der Waals surface area (Å²) in [7, 11) is 0. The summed E-state index contributed by atoms with van der Waals surface area (Å²) in [4.78, 5) is 0. The predicted molar refractivity (Wildman–Crippen MR) is 149 cm³/mol. The molecule has 0 N–H and O–H groups in total. The SMILES string of the molecule is CC(=Cc1c(C)c(C)c(C)c(C)c1C)c1c(C)c(C)c(C2CCC(C/C=C/F)CC2)c(C)c1C. The zero-order chi connectivity index (χ0) is 25.3. The van der Waals surface area contributed by atoms with E-state index < -0.39 is 0 Å². The molecule has 2 aromatic carbocycles. The third kappa shape index (κ3) is 4.81. The van der Waals surface area contributed by atoms with Crippen LogP contribution in [-0.2, 0) is 0 Å². The fourth-order valence-corrected chi connectivity index (χ4v) is 6.51. The highest BCUT2D eigenvalue weighted by molar-refractivity contribution is 5.86. The summed E-state index contributed by atoms with van der Waals surface area (Å²) in [5.74, 6) is 1.27. The van der Waals surface area contributed by atoms with E-state index >= 15 is 0 Å². The maximum atomic E-state index is 12.4. The fraction of sp³-hybridized carbons (Fsp3) is 0.515. The molecule has 0 amide bonds. The molecule has 1 heteroatoms. The standard InChI is InChI=1S/C33H45F/c1-19(18-31-23(5)21(3)20(2)22(4)24(31)6)32-25(7)27(9)33(28(10)26(32)8)30-15-13-29(14-16-30)12-11-17-34/h11,17-18,29-30H,12-16H2,1-10H3/b17-11+,19-18?. The summed E-state index contributed by atoms with van der Waals surface area (Å²) in [5.41, 5.74) is 18.6. The van der Waals surface area contributed by atoms with Gasteiger partial charge in [0, 0.05) is 0 Å². The van der Waals surface area contributed by atoms with Crippen LogP contribution in [0.5, 0.6) is 0 Å². The van der Waals surface area contributed by atoms with Crippen LogP contribution in [0.3, 0.4) is 0 Å². The maximum Gasteiger partial charge on any atom is 0.0827 e. The Hall–Kier alpha value is -2.15. The fourth-order valence-electron chi connectivity index (χ4n) is 6.51. The molecular formula is C33H45F. The van der Waals surface area contributed by atoms with Crippen LogP contribution in [0.25, 0.3) is 11.6 Å². The predicted octanol–water partition coefficient (Wildman–Crippen LogP) is 10.2. The largest absolute Gasteiger partial charge is 0.216 e. The van der Waals surface area contributed by atoms with E-state index in [4.69, 9.17) is 0 Å². The van der Waals surface area contributed by atoms with Gasteiger partial charge in [0.1, 0.15) is 0 Å². The Kier molecular flexibility index (Phi) is 8.27. The van der Waals surface area contributed by atoms with Crippen molar-refractivity contribution in [2.24, 2.45) is 5.92 Å². The first-order valence-electron chi connectivity index (χ1n) is 13.1. The zero-order valence-corrected chi connectivity index (χ0v) is 23.3. The first-order valence-corrected chi connectivity index (χ1v) is 13.1. The number of hydrogen-bond donors (Lipinski definition) is 0. The van der Waals surface area contributed by atoms with Gasteiger partial charge in [-0.05, 0) is 186 Å². The molecule has 1 aliphatic carbocycles. The van der Waals surface area contributed by atoms with Crippen LogP contribution in [0.2, 0.25) is 0 Å². The van der Waals surface area contributed by atoms with Crippen LogP contribution in [-0.4, -0.2) is 0 Å². The van der Waals surface area contributed by atoms with Gasteiger partial charge in [0.15, 0.2) is 0 Å². The lowest BCUT2D eigenvalue weighted by atomic mass is 9.73. The molecule has 1 aliphatic rings. The molecule has 0 radical (unpaired) electrons. The van der Waals surface area contributed by atoms with Crippen molar-refractivity contribution in [2.45, 2.75) is 107 Å². The molecule has 34 heavy (non-hydrogen) atoms. The molecule has 0 spiro atoms. The number of halogens is 1. The van der Waals surface area contributed by atoms with Gasteiger partial charge in [-0.3, -0.25) is 0 Å². The lowest BCUT2D eigenvalue weighted by Crippen LogP contribution is -2.16. The van der Waals surface area contributed by atoms with Crippen molar-refractivity contribution in [3.8, 4) is 0 Å². The lowest BCUT2D eigenvalue weighted by molar-refractivity contribution is 0.326. The quantitative estimate of drug-likeness (QED) is 0.389. The normalized spacial score (nSPS) is 19.3. The zero-order valence-electron chi connectivity index (χ0n) is 23.3. The van der Waals surface area contributed by atoms with Gasteiger partial charge in [-0.1, -0.05) is 12.2 Å². The van der Waals surface area contributed by atoms with E-state index in [0.717, 1.165) is 6.42 Å². The second-order valence-corrected chi connectivity index (χ2v) is 11.0. The van der Waals surface area contributed by atoms with E-state index in [0.29, 0.717) is 18.2 Å². The molecule has 0 unspecified atom stereocenters. The smallest absolute Gasteiger partial charge is 0.0827 e. The second-order valence-electron chi connectivity index (χ2n) is 11.0. The molecule has 0 bridgehead atoms. The highest BCUT2D eigenvalue weighted by Crippen LogP contribution is 2.43. The van der Waals surface area contributed by atoms with E-state index in [-0.39, 0.29) is 0 Å². The molecular weight excluding hydrogens is 415 g/mol. The van der Waals surface area contributed by atoms with Crippen LogP contribution in [0.1, 0.15) is 112 Å². The minimum Gasteiger partial charge on any atom is -0.216 e. The monoisotopic (exact) mass is 460 g/mol. The van der Waals surface area contributed by atoms with Crippen molar-refractivity contribution in [2.75, 3.05) is 0 Å². The Morgan fingerprint density at radius 1 is 0.676 bits per heavy atom. The summed E-state index contributed by atoms with van der Waals surface area (Å²) in [6.07, 6.45) is 10.6. The first kappa shape index (κ1) is 26.5. The molecule has 0 aromatic heterocycles.